The van der Waals surface area contributed by atoms with Gasteiger partial charge in [-0.05, 0) is 30.7 Å². The number of amides is 1. The van der Waals surface area contributed by atoms with Crippen LogP contribution in [0.25, 0.3) is 0 Å². The van der Waals surface area contributed by atoms with Gasteiger partial charge in [-0.1, -0.05) is 0 Å². The van der Waals surface area contributed by atoms with Crippen molar-refractivity contribution < 1.29 is 17.9 Å². The molecule has 0 spiro atoms. The van der Waals surface area contributed by atoms with Gasteiger partial charge in [-0.2, -0.15) is 0 Å². The Hall–Kier alpha value is -1.60. The number of aryl methyl sites for hydroxylation is 1. The van der Waals surface area contributed by atoms with E-state index < -0.39 is 15.9 Å². The summed E-state index contributed by atoms with van der Waals surface area (Å²) in [5, 5.41) is 0. The first-order chi connectivity index (χ1) is 8.36. The van der Waals surface area contributed by atoms with Gasteiger partial charge >= 0.3 is 0 Å². The third-order valence-electron chi connectivity index (χ3n) is 2.34. The molecule has 1 aromatic rings. The highest BCUT2D eigenvalue weighted by atomic mass is 32.2. The Morgan fingerprint density at radius 1 is 1.44 bits per heavy atom. The lowest BCUT2D eigenvalue weighted by molar-refractivity contribution is -0.117. The number of carbonyl (C=O) groups is 1. The van der Waals surface area contributed by atoms with Gasteiger partial charge in [-0.25, -0.2) is 13.1 Å². The van der Waals surface area contributed by atoms with Crippen LogP contribution in [0.5, 0.6) is 5.75 Å². The van der Waals surface area contributed by atoms with E-state index in [0.717, 1.165) is 5.56 Å². The summed E-state index contributed by atoms with van der Waals surface area (Å²) >= 11 is 0. The molecule has 100 valence electrons. The molecule has 1 aromatic carbocycles. The summed E-state index contributed by atoms with van der Waals surface area (Å²) in [6.45, 7) is 1.74. The van der Waals surface area contributed by atoms with Gasteiger partial charge in [0, 0.05) is 13.0 Å². The summed E-state index contributed by atoms with van der Waals surface area (Å²) in [5.74, 6) is 0.0645. The van der Waals surface area contributed by atoms with Gasteiger partial charge in [0.2, 0.25) is 15.9 Å². The first kappa shape index (κ1) is 14.5. The van der Waals surface area contributed by atoms with Crippen LogP contribution >= 0.6 is 0 Å². The fraction of sp³-hybridized carbons (Fsp3) is 0.364. The van der Waals surface area contributed by atoms with Crippen molar-refractivity contribution in [2.24, 2.45) is 5.73 Å². The lowest BCUT2D eigenvalue weighted by Crippen LogP contribution is -2.28. The first-order valence-corrected chi connectivity index (χ1v) is 6.78. The molecule has 0 aliphatic rings. The summed E-state index contributed by atoms with van der Waals surface area (Å²) in [7, 11) is -2.10. The van der Waals surface area contributed by atoms with Crippen LogP contribution in [0.2, 0.25) is 0 Å². The average Bonchev–Trinajstić information content (AvgIpc) is 2.28. The van der Waals surface area contributed by atoms with E-state index in [1.54, 1.807) is 13.0 Å². The molecule has 0 unspecified atom stereocenters. The zero-order valence-electron chi connectivity index (χ0n) is 10.3. The Morgan fingerprint density at radius 2 is 2.11 bits per heavy atom. The van der Waals surface area contributed by atoms with Crippen molar-refractivity contribution in [1.29, 1.82) is 0 Å². The molecule has 7 heteroatoms. The molecular formula is C11H16N2O4S. The van der Waals surface area contributed by atoms with Crippen molar-refractivity contribution >= 4 is 15.9 Å². The lowest BCUT2D eigenvalue weighted by atomic mass is 10.2. The number of ether oxygens (including phenoxy) is 1. The van der Waals surface area contributed by atoms with Crippen LogP contribution in [0.1, 0.15) is 12.0 Å². The van der Waals surface area contributed by atoms with Crippen molar-refractivity contribution in [3.8, 4) is 5.75 Å². The number of methoxy groups -OCH3 is 1. The molecule has 0 aliphatic heterocycles. The third kappa shape index (κ3) is 3.71. The second kappa shape index (κ2) is 5.83. The average molecular weight is 272 g/mol. The monoisotopic (exact) mass is 272 g/mol. The molecule has 0 heterocycles. The zero-order chi connectivity index (χ0) is 13.8. The van der Waals surface area contributed by atoms with E-state index in [9.17, 15) is 13.2 Å². The fourth-order valence-electron chi connectivity index (χ4n) is 1.41. The number of sulfonamides is 1. The minimum atomic E-state index is -3.62. The number of hydrogen-bond donors (Lipinski definition) is 2. The molecule has 0 saturated heterocycles. The van der Waals surface area contributed by atoms with Crippen LogP contribution in [0.4, 0.5) is 0 Å². The molecule has 0 atom stereocenters. The van der Waals surface area contributed by atoms with E-state index in [1.807, 2.05) is 0 Å². The number of primary amides is 1. The first-order valence-electron chi connectivity index (χ1n) is 5.29. The number of rotatable bonds is 6. The highest BCUT2D eigenvalue weighted by Gasteiger charge is 2.15. The Labute approximate surface area is 106 Å². The molecule has 1 rings (SSSR count). The molecule has 3 N–H and O–H groups in total. The van der Waals surface area contributed by atoms with Crippen LogP contribution in [-0.4, -0.2) is 28.0 Å². The van der Waals surface area contributed by atoms with Crippen molar-refractivity contribution in [3.05, 3.63) is 23.8 Å². The van der Waals surface area contributed by atoms with Gasteiger partial charge in [-0.15, -0.1) is 0 Å². The van der Waals surface area contributed by atoms with Crippen LogP contribution in [0.3, 0.4) is 0 Å². The van der Waals surface area contributed by atoms with Crippen molar-refractivity contribution in [2.45, 2.75) is 18.2 Å². The van der Waals surface area contributed by atoms with Crippen molar-refractivity contribution in [3.63, 3.8) is 0 Å². The largest absolute Gasteiger partial charge is 0.496 e. The molecule has 6 nitrogen and oxygen atoms in total. The maximum absolute atomic E-state index is 11.9. The molecule has 18 heavy (non-hydrogen) atoms. The molecule has 0 aliphatic carbocycles. The number of hydrogen-bond acceptors (Lipinski definition) is 4. The number of benzene rings is 1. The molecule has 0 fully saturated rings. The number of carbonyl (C=O) groups excluding carboxylic acids is 1. The Bertz CT molecular complexity index is 540. The molecule has 1 amide bonds. The van der Waals surface area contributed by atoms with Gasteiger partial charge in [-0.3, -0.25) is 4.79 Å². The minimum Gasteiger partial charge on any atom is -0.496 e. The van der Waals surface area contributed by atoms with E-state index in [4.69, 9.17) is 10.5 Å². The molecule has 0 bridgehead atoms. The maximum Gasteiger partial charge on any atom is 0.240 e. The van der Waals surface area contributed by atoms with Crippen LogP contribution in [-0.2, 0) is 14.8 Å². The van der Waals surface area contributed by atoms with E-state index in [1.165, 1.54) is 19.2 Å². The Kier molecular flexibility index (Phi) is 4.69. The SMILES string of the molecule is COc1ccc(S(=O)(=O)NCCC(N)=O)cc1C. The summed E-state index contributed by atoms with van der Waals surface area (Å²) in [6.07, 6.45) is -0.0334. The summed E-state index contributed by atoms with van der Waals surface area (Å²) in [4.78, 5) is 10.7. The quantitative estimate of drug-likeness (QED) is 0.770. The normalized spacial score (nSPS) is 11.2. The van der Waals surface area contributed by atoms with Crippen molar-refractivity contribution in [1.82, 2.24) is 4.72 Å². The second-order valence-electron chi connectivity index (χ2n) is 3.75. The molecule has 0 radical (unpaired) electrons. The van der Waals surface area contributed by atoms with Gasteiger partial charge in [0.1, 0.15) is 5.75 Å². The van der Waals surface area contributed by atoms with Crippen LogP contribution < -0.4 is 15.2 Å². The van der Waals surface area contributed by atoms with E-state index in [0.29, 0.717) is 5.75 Å². The van der Waals surface area contributed by atoms with E-state index >= 15 is 0 Å². The Balaban J connectivity index is 2.85. The summed E-state index contributed by atoms with van der Waals surface area (Å²) in [6, 6.07) is 4.53. The molecule has 0 aromatic heterocycles. The second-order valence-corrected chi connectivity index (χ2v) is 5.51. The molecular weight excluding hydrogens is 256 g/mol. The van der Waals surface area contributed by atoms with Gasteiger partial charge in [0.25, 0.3) is 0 Å². The van der Waals surface area contributed by atoms with Crippen LogP contribution in [0, 0.1) is 6.92 Å². The Morgan fingerprint density at radius 3 is 2.61 bits per heavy atom. The topological polar surface area (TPSA) is 98.5 Å². The van der Waals surface area contributed by atoms with Gasteiger partial charge < -0.3 is 10.5 Å². The van der Waals surface area contributed by atoms with Crippen LogP contribution in [0.15, 0.2) is 23.1 Å². The van der Waals surface area contributed by atoms with E-state index in [2.05, 4.69) is 4.72 Å². The number of nitrogens with one attached hydrogen (secondary N) is 1. The lowest BCUT2D eigenvalue weighted by Gasteiger charge is -2.09. The predicted octanol–water partition coefficient (Wildman–Crippen LogP) is 0.157. The molecule has 0 saturated carbocycles. The fourth-order valence-corrected chi connectivity index (χ4v) is 2.53. The smallest absolute Gasteiger partial charge is 0.240 e. The summed E-state index contributed by atoms with van der Waals surface area (Å²) < 4.78 is 31.1. The van der Waals surface area contributed by atoms with Gasteiger partial charge in [0.15, 0.2) is 0 Å². The number of nitrogens with two attached hydrogens (primary N) is 1. The minimum absolute atomic E-state index is 0.0112. The highest BCUT2D eigenvalue weighted by Crippen LogP contribution is 2.21. The zero-order valence-corrected chi connectivity index (χ0v) is 11.1. The van der Waals surface area contributed by atoms with E-state index in [-0.39, 0.29) is 17.9 Å². The highest BCUT2D eigenvalue weighted by molar-refractivity contribution is 7.89. The predicted molar refractivity (Wildman–Crippen MR) is 66.7 cm³/mol. The standard InChI is InChI=1S/C11H16N2O4S/c1-8-7-9(3-4-10(8)17-2)18(15,16)13-6-5-11(12)14/h3-4,7,13H,5-6H2,1-2H3,(H2,12,14). The summed E-state index contributed by atoms with van der Waals surface area (Å²) in [5.41, 5.74) is 5.65. The van der Waals surface area contributed by atoms with Gasteiger partial charge in [0.05, 0.1) is 12.0 Å². The third-order valence-corrected chi connectivity index (χ3v) is 3.80. The maximum atomic E-state index is 11.9. The van der Waals surface area contributed by atoms with Crippen molar-refractivity contribution in [2.75, 3.05) is 13.7 Å².